The number of unbranched alkanes of at least 4 members (excludes halogenated alkanes) is 47. The fourth-order valence-corrected chi connectivity index (χ4v) is 13.6. The Balaban J connectivity index is 5.17. The van der Waals surface area contributed by atoms with Gasteiger partial charge in [-0.3, -0.25) is 37.3 Å². The van der Waals surface area contributed by atoms with Gasteiger partial charge in [-0.1, -0.05) is 356 Å². The number of rotatable bonds is 77. The van der Waals surface area contributed by atoms with Crippen molar-refractivity contribution in [2.75, 3.05) is 39.6 Å². The SMILES string of the molecule is CCCCCCCCCCCCCCCCCCCCCCCCC(=O)O[C@H](COC(=O)CCCCCCCCCCCCCCCC(C)C)COP(=O)(O)OC[C@@H](O)COP(=O)(O)OC[C@@H](COC(=O)CCCCCCCCC(C)C)OC(=O)CCCCCCCCCCCC. The van der Waals surface area contributed by atoms with Crippen molar-refractivity contribution < 1.29 is 80.2 Å². The molecule has 0 aliphatic heterocycles. The van der Waals surface area contributed by atoms with Crippen LogP contribution in [-0.2, 0) is 65.4 Å². The molecular formula is C78H152O17P2. The first-order valence-corrected chi connectivity index (χ1v) is 43.5. The van der Waals surface area contributed by atoms with Gasteiger partial charge in [-0.2, -0.15) is 0 Å². The van der Waals surface area contributed by atoms with Crippen LogP contribution in [0.2, 0.25) is 0 Å². The lowest BCUT2D eigenvalue weighted by atomic mass is 10.0. The van der Waals surface area contributed by atoms with Gasteiger partial charge in [0.15, 0.2) is 12.2 Å². The summed E-state index contributed by atoms with van der Waals surface area (Å²) in [5, 5.41) is 10.6. The van der Waals surface area contributed by atoms with Gasteiger partial charge in [0.25, 0.3) is 0 Å². The molecule has 0 fully saturated rings. The molecule has 0 bridgehead atoms. The van der Waals surface area contributed by atoms with E-state index in [1.807, 2.05) is 0 Å². The van der Waals surface area contributed by atoms with Gasteiger partial charge in [0.2, 0.25) is 0 Å². The number of esters is 4. The van der Waals surface area contributed by atoms with Crippen LogP contribution in [0.5, 0.6) is 0 Å². The van der Waals surface area contributed by atoms with Crippen LogP contribution in [0, 0.1) is 11.8 Å². The van der Waals surface area contributed by atoms with Crippen molar-refractivity contribution in [1.29, 1.82) is 0 Å². The summed E-state index contributed by atoms with van der Waals surface area (Å²) < 4.78 is 68.5. The number of aliphatic hydroxyl groups excluding tert-OH is 1. The van der Waals surface area contributed by atoms with Crippen molar-refractivity contribution >= 4 is 39.5 Å². The monoisotopic (exact) mass is 1420 g/mol. The average molecular weight is 1420 g/mol. The Labute approximate surface area is 594 Å². The molecule has 0 aliphatic carbocycles. The van der Waals surface area contributed by atoms with Crippen LogP contribution in [0.25, 0.3) is 0 Å². The third kappa shape index (κ3) is 72.2. The second-order valence-electron chi connectivity index (χ2n) is 29.1. The van der Waals surface area contributed by atoms with Crippen LogP contribution in [0.3, 0.4) is 0 Å². The van der Waals surface area contributed by atoms with Crippen molar-refractivity contribution in [2.45, 2.75) is 426 Å². The van der Waals surface area contributed by atoms with Gasteiger partial charge in [-0.15, -0.1) is 0 Å². The maximum atomic E-state index is 13.1. The van der Waals surface area contributed by atoms with Gasteiger partial charge in [-0.05, 0) is 37.5 Å². The van der Waals surface area contributed by atoms with E-state index in [9.17, 15) is 43.2 Å². The number of phosphoric ester groups is 2. The first-order valence-electron chi connectivity index (χ1n) is 40.5. The highest BCUT2D eigenvalue weighted by Gasteiger charge is 2.30. The molecule has 576 valence electrons. The zero-order chi connectivity index (χ0) is 71.4. The minimum Gasteiger partial charge on any atom is -0.462 e. The summed E-state index contributed by atoms with van der Waals surface area (Å²) in [6, 6.07) is 0. The summed E-state index contributed by atoms with van der Waals surface area (Å²) >= 11 is 0. The molecule has 0 radical (unpaired) electrons. The molecule has 0 aromatic carbocycles. The van der Waals surface area contributed by atoms with E-state index in [2.05, 4.69) is 41.5 Å². The number of carbonyl (C=O) groups excluding carboxylic acids is 4. The Hall–Kier alpha value is -1.94. The summed E-state index contributed by atoms with van der Waals surface area (Å²) in [7, 11) is -9.91. The third-order valence-electron chi connectivity index (χ3n) is 18.2. The van der Waals surface area contributed by atoms with E-state index in [4.69, 9.17) is 37.0 Å². The summed E-state index contributed by atoms with van der Waals surface area (Å²) in [6.07, 6.45) is 58.6. The molecule has 17 nitrogen and oxygen atoms in total. The van der Waals surface area contributed by atoms with Crippen molar-refractivity contribution in [2.24, 2.45) is 11.8 Å². The molecule has 97 heavy (non-hydrogen) atoms. The Kier molecular flexibility index (Phi) is 68.4. The van der Waals surface area contributed by atoms with E-state index >= 15 is 0 Å². The zero-order valence-electron chi connectivity index (χ0n) is 63.4. The molecular weight excluding hydrogens is 1270 g/mol. The topological polar surface area (TPSA) is 237 Å². The summed E-state index contributed by atoms with van der Waals surface area (Å²) in [4.78, 5) is 72.8. The first-order chi connectivity index (χ1) is 46.9. The minimum absolute atomic E-state index is 0.106. The summed E-state index contributed by atoms with van der Waals surface area (Å²) in [6.45, 7) is 9.53. The molecule has 0 aliphatic rings. The number of ether oxygens (including phenoxy) is 4. The number of aliphatic hydroxyl groups is 1. The van der Waals surface area contributed by atoms with Crippen LogP contribution in [-0.4, -0.2) is 96.7 Å². The summed E-state index contributed by atoms with van der Waals surface area (Å²) in [5.74, 6) is -0.646. The van der Waals surface area contributed by atoms with Crippen LogP contribution in [0.15, 0.2) is 0 Å². The smallest absolute Gasteiger partial charge is 0.462 e. The quantitative estimate of drug-likeness (QED) is 0.0222. The predicted octanol–water partition coefficient (Wildman–Crippen LogP) is 23.1. The average Bonchev–Trinajstić information content (AvgIpc) is 1.41. The highest BCUT2D eigenvalue weighted by molar-refractivity contribution is 7.47. The standard InChI is InChI=1S/C78H152O17P2/c1-7-9-11-13-15-17-19-20-21-22-23-24-25-26-27-28-31-35-39-43-51-57-63-78(83)94-73(66-88-75(80)60-54-48-41-38-34-32-29-30-33-36-40-46-52-58-70(3)4)68-92-96(84,85)90-64-72(79)65-91-97(86,87)93-69-74(67-89-76(81)61-55-49-45-44-47-53-59-71(5)6)95-77(82)62-56-50-42-37-18-16-14-12-10-8-2/h70-74,79H,7-69H2,1-6H3,(H,84,85)(H,86,87)/t72-,73-,74-/m1/s1. The van der Waals surface area contributed by atoms with Crippen LogP contribution in [0.4, 0.5) is 0 Å². The van der Waals surface area contributed by atoms with Gasteiger partial charge in [0.05, 0.1) is 26.4 Å². The Morgan fingerprint density at radius 1 is 0.278 bits per heavy atom. The van der Waals surface area contributed by atoms with Crippen molar-refractivity contribution in [3.63, 3.8) is 0 Å². The molecule has 0 saturated carbocycles. The third-order valence-corrected chi connectivity index (χ3v) is 20.1. The maximum Gasteiger partial charge on any atom is 0.472 e. The Morgan fingerprint density at radius 2 is 0.474 bits per heavy atom. The normalized spacial score (nSPS) is 14.0. The molecule has 19 heteroatoms. The van der Waals surface area contributed by atoms with Gasteiger partial charge < -0.3 is 33.8 Å². The molecule has 0 amide bonds. The van der Waals surface area contributed by atoms with E-state index in [-0.39, 0.29) is 25.7 Å². The summed E-state index contributed by atoms with van der Waals surface area (Å²) in [5.41, 5.74) is 0. The molecule has 0 aromatic heterocycles. The number of carbonyl (C=O) groups is 4. The minimum atomic E-state index is -4.96. The van der Waals surface area contributed by atoms with Crippen molar-refractivity contribution in [3.8, 4) is 0 Å². The molecule has 0 heterocycles. The van der Waals surface area contributed by atoms with Gasteiger partial charge in [0, 0.05) is 25.7 Å². The molecule has 0 spiro atoms. The second-order valence-corrected chi connectivity index (χ2v) is 32.0. The van der Waals surface area contributed by atoms with Gasteiger partial charge >= 0.3 is 39.5 Å². The number of hydrogen-bond donors (Lipinski definition) is 3. The van der Waals surface area contributed by atoms with E-state index in [0.29, 0.717) is 31.6 Å². The van der Waals surface area contributed by atoms with Crippen molar-refractivity contribution in [3.05, 3.63) is 0 Å². The fourth-order valence-electron chi connectivity index (χ4n) is 12.0. The first kappa shape index (κ1) is 95.1. The molecule has 0 rings (SSSR count). The van der Waals surface area contributed by atoms with E-state index in [1.165, 1.54) is 218 Å². The van der Waals surface area contributed by atoms with Gasteiger partial charge in [0.1, 0.15) is 19.3 Å². The van der Waals surface area contributed by atoms with E-state index in [0.717, 1.165) is 102 Å². The van der Waals surface area contributed by atoms with Gasteiger partial charge in [-0.25, -0.2) is 9.13 Å². The van der Waals surface area contributed by atoms with E-state index in [1.54, 1.807) is 0 Å². The Bertz CT molecular complexity index is 1870. The van der Waals surface area contributed by atoms with Crippen LogP contribution >= 0.6 is 15.6 Å². The van der Waals surface area contributed by atoms with Crippen LogP contribution in [0.1, 0.15) is 408 Å². The predicted molar refractivity (Wildman–Crippen MR) is 395 cm³/mol. The lowest BCUT2D eigenvalue weighted by Crippen LogP contribution is -2.30. The number of phosphoric acid groups is 2. The maximum absolute atomic E-state index is 13.1. The zero-order valence-corrected chi connectivity index (χ0v) is 65.2. The highest BCUT2D eigenvalue weighted by atomic mass is 31.2. The largest absolute Gasteiger partial charge is 0.472 e. The number of hydrogen-bond acceptors (Lipinski definition) is 15. The Morgan fingerprint density at radius 3 is 0.701 bits per heavy atom. The van der Waals surface area contributed by atoms with Crippen molar-refractivity contribution in [1.82, 2.24) is 0 Å². The second kappa shape index (κ2) is 69.8. The molecule has 0 saturated heterocycles. The fraction of sp³-hybridized carbons (Fsp3) is 0.949. The van der Waals surface area contributed by atoms with Crippen LogP contribution < -0.4 is 0 Å². The lowest BCUT2D eigenvalue weighted by molar-refractivity contribution is -0.161. The molecule has 3 N–H and O–H groups in total. The van der Waals surface area contributed by atoms with E-state index < -0.39 is 97.5 Å². The highest BCUT2D eigenvalue weighted by Crippen LogP contribution is 2.45. The lowest BCUT2D eigenvalue weighted by Gasteiger charge is -2.21. The molecule has 2 unspecified atom stereocenters. The molecule has 5 atom stereocenters. The molecule has 0 aromatic rings.